The molecular formula is C22H28NO7PS3. The number of ether oxygens (including phenoxy) is 2. The molecule has 0 fully saturated rings. The topological polar surface area (TPSA) is 106 Å². The molecule has 0 heterocycles. The lowest BCUT2D eigenvalue weighted by Gasteiger charge is -2.15. The molecule has 34 heavy (non-hydrogen) atoms. The summed E-state index contributed by atoms with van der Waals surface area (Å²) >= 11 is 4.90. The Bertz CT molecular complexity index is 948. The Labute approximate surface area is 213 Å². The number of carbonyl (C=O) groups is 1. The predicted octanol–water partition coefficient (Wildman–Crippen LogP) is 5.50. The second kappa shape index (κ2) is 15.4. The maximum atomic E-state index is 12.3. The number of rotatable bonds is 16. The number of phosphoric acid groups is 1. The third-order valence-electron chi connectivity index (χ3n) is 3.95. The Balaban J connectivity index is 1.64. The quantitative estimate of drug-likeness (QED) is 0.0722. The zero-order valence-electron chi connectivity index (χ0n) is 19.0. The van der Waals surface area contributed by atoms with Crippen LogP contribution in [0, 0.1) is 0 Å². The lowest BCUT2D eigenvalue weighted by atomic mass is 10.2. The minimum absolute atomic E-state index is 0.261. The minimum Gasteiger partial charge on any atom is -0.493 e. The van der Waals surface area contributed by atoms with Crippen molar-refractivity contribution in [2.75, 3.05) is 37.9 Å². The van der Waals surface area contributed by atoms with Gasteiger partial charge in [0.15, 0.2) is 0 Å². The highest BCUT2D eigenvalue weighted by Gasteiger charge is 2.24. The van der Waals surface area contributed by atoms with Crippen LogP contribution < -0.4 is 15.2 Å². The van der Waals surface area contributed by atoms with Crippen molar-refractivity contribution in [1.82, 2.24) is 0 Å². The van der Waals surface area contributed by atoms with Crippen LogP contribution in [0.2, 0.25) is 0 Å². The summed E-state index contributed by atoms with van der Waals surface area (Å²) in [6.07, 6.45) is 0. The van der Waals surface area contributed by atoms with Crippen molar-refractivity contribution in [2.45, 2.75) is 13.8 Å². The normalized spacial score (nSPS) is 11.2. The smallest absolute Gasteiger partial charge is 0.474 e. The molecule has 0 saturated heterocycles. The van der Waals surface area contributed by atoms with Gasteiger partial charge in [-0.05, 0) is 62.4 Å². The number of phosphoric ester groups is 1. The standard InChI is InChI=1S/C22H28NO7PS3/c1-3-27-31(25,28-4-2)29-14-16-34-33-15-13-26-19-9-7-18(8-10-19)22(24)30-20-11-5-17(6-12-20)21(23)32/h5-12H,3-4,13-16H2,1-2H3,(H2,23,32). The van der Waals surface area contributed by atoms with Gasteiger partial charge in [-0.1, -0.05) is 33.8 Å². The Morgan fingerprint density at radius 1 is 0.853 bits per heavy atom. The largest absolute Gasteiger partial charge is 0.493 e. The fourth-order valence-electron chi connectivity index (χ4n) is 2.46. The van der Waals surface area contributed by atoms with Gasteiger partial charge < -0.3 is 15.2 Å². The van der Waals surface area contributed by atoms with E-state index in [1.165, 1.54) is 0 Å². The molecule has 0 saturated carbocycles. The number of hydrogen-bond donors (Lipinski definition) is 1. The maximum Gasteiger partial charge on any atom is 0.474 e. The molecule has 0 aliphatic heterocycles. The molecule has 0 radical (unpaired) electrons. The number of hydrogen-bond acceptors (Lipinski definition) is 10. The van der Waals surface area contributed by atoms with Gasteiger partial charge in [-0.25, -0.2) is 9.36 Å². The van der Waals surface area contributed by atoms with E-state index in [0.717, 1.165) is 5.75 Å². The Morgan fingerprint density at radius 2 is 1.38 bits per heavy atom. The summed E-state index contributed by atoms with van der Waals surface area (Å²) in [4.78, 5) is 12.6. The van der Waals surface area contributed by atoms with Gasteiger partial charge in [-0.3, -0.25) is 13.6 Å². The van der Waals surface area contributed by atoms with Crippen LogP contribution in [0.3, 0.4) is 0 Å². The average molecular weight is 546 g/mol. The molecule has 0 bridgehead atoms. The number of esters is 1. The summed E-state index contributed by atoms with van der Waals surface area (Å²) < 4.78 is 38.6. The molecule has 0 aliphatic carbocycles. The summed E-state index contributed by atoms with van der Waals surface area (Å²) in [5.74, 6) is 1.96. The lowest BCUT2D eigenvalue weighted by Crippen LogP contribution is -2.10. The molecule has 2 aromatic rings. The third-order valence-corrected chi connectivity index (χ3v) is 8.17. The van der Waals surface area contributed by atoms with E-state index < -0.39 is 13.8 Å². The van der Waals surface area contributed by atoms with E-state index in [1.54, 1.807) is 84.0 Å². The first kappa shape index (κ1) is 28.6. The van der Waals surface area contributed by atoms with Crippen molar-refractivity contribution in [3.63, 3.8) is 0 Å². The van der Waals surface area contributed by atoms with Crippen molar-refractivity contribution in [1.29, 1.82) is 0 Å². The molecule has 0 spiro atoms. The summed E-state index contributed by atoms with van der Waals surface area (Å²) in [5, 5.41) is 0. The Hall–Kier alpha value is -1.59. The van der Waals surface area contributed by atoms with Crippen molar-refractivity contribution in [2.24, 2.45) is 5.73 Å². The van der Waals surface area contributed by atoms with Crippen LogP contribution in [-0.2, 0) is 18.1 Å². The van der Waals surface area contributed by atoms with Crippen LogP contribution in [0.5, 0.6) is 11.5 Å². The van der Waals surface area contributed by atoms with E-state index in [1.807, 2.05) is 0 Å². The summed E-state index contributed by atoms with van der Waals surface area (Å²) in [6, 6.07) is 13.4. The van der Waals surface area contributed by atoms with E-state index in [-0.39, 0.29) is 24.8 Å². The lowest BCUT2D eigenvalue weighted by molar-refractivity contribution is 0.0734. The summed E-state index contributed by atoms with van der Waals surface area (Å²) in [7, 11) is -0.256. The predicted molar refractivity (Wildman–Crippen MR) is 141 cm³/mol. The van der Waals surface area contributed by atoms with E-state index in [4.69, 9.17) is 41.0 Å². The van der Waals surface area contributed by atoms with Gasteiger partial charge in [0.25, 0.3) is 0 Å². The van der Waals surface area contributed by atoms with Crippen molar-refractivity contribution in [3.8, 4) is 11.5 Å². The summed E-state index contributed by atoms with van der Waals surface area (Å²) in [5.41, 5.74) is 6.67. The van der Waals surface area contributed by atoms with Gasteiger partial charge in [-0.2, -0.15) is 0 Å². The molecule has 2 aromatic carbocycles. The highest BCUT2D eigenvalue weighted by atomic mass is 33.1. The molecule has 2 rings (SSSR count). The van der Waals surface area contributed by atoms with Gasteiger partial charge >= 0.3 is 13.8 Å². The van der Waals surface area contributed by atoms with Crippen LogP contribution >= 0.6 is 41.6 Å². The SMILES string of the molecule is CCOP(=O)(OCC)OCCSSCCOc1ccc(C(=O)Oc2ccc(C(N)=S)cc2)cc1. The van der Waals surface area contributed by atoms with Gasteiger partial charge in [0.2, 0.25) is 0 Å². The number of nitrogens with two attached hydrogens (primary N) is 1. The van der Waals surface area contributed by atoms with Gasteiger partial charge in [0.1, 0.15) is 16.5 Å². The highest BCUT2D eigenvalue weighted by Crippen LogP contribution is 2.49. The average Bonchev–Trinajstić information content (AvgIpc) is 2.82. The second-order valence-corrected chi connectivity index (χ2v) is 11.2. The zero-order valence-corrected chi connectivity index (χ0v) is 22.3. The summed E-state index contributed by atoms with van der Waals surface area (Å²) in [6.45, 7) is 4.75. The molecule has 186 valence electrons. The van der Waals surface area contributed by atoms with Crippen molar-refractivity contribution in [3.05, 3.63) is 59.7 Å². The second-order valence-electron chi connectivity index (χ2n) is 6.41. The van der Waals surface area contributed by atoms with Crippen LogP contribution in [0.25, 0.3) is 0 Å². The maximum absolute atomic E-state index is 12.3. The molecule has 2 N–H and O–H groups in total. The van der Waals surface area contributed by atoms with Crippen molar-refractivity contribution >= 4 is 52.6 Å². The molecule has 0 atom stereocenters. The van der Waals surface area contributed by atoms with E-state index in [2.05, 4.69) is 0 Å². The first-order valence-corrected chi connectivity index (χ1v) is 14.9. The molecule has 12 heteroatoms. The third kappa shape index (κ3) is 10.4. The first-order chi connectivity index (χ1) is 16.4. The number of carbonyl (C=O) groups excluding carboxylic acids is 1. The van der Waals surface area contributed by atoms with Gasteiger partial charge in [0, 0.05) is 17.1 Å². The molecule has 0 aromatic heterocycles. The zero-order chi connectivity index (χ0) is 24.8. The van der Waals surface area contributed by atoms with Crippen LogP contribution in [0.1, 0.15) is 29.8 Å². The number of benzene rings is 2. The fraction of sp³-hybridized carbons (Fsp3) is 0.364. The molecule has 0 aliphatic rings. The van der Waals surface area contributed by atoms with Crippen molar-refractivity contribution < 1.29 is 32.4 Å². The van der Waals surface area contributed by atoms with Crippen LogP contribution in [0.4, 0.5) is 0 Å². The minimum atomic E-state index is -3.45. The molecule has 0 unspecified atom stereocenters. The Morgan fingerprint density at radius 3 is 1.94 bits per heavy atom. The van der Waals surface area contributed by atoms with E-state index in [9.17, 15) is 9.36 Å². The van der Waals surface area contributed by atoms with E-state index >= 15 is 0 Å². The van der Waals surface area contributed by atoms with Crippen LogP contribution in [0.15, 0.2) is 48.5 Å². The molecule has 8 nitrogen and oxygen atoms in total. The molecule has 0 amide bonds. The monoisotopic (exact) mass is 545 g/mol. The van der Waals surface area contributed by atoms with Gasteiger partial charge in [-0.15, -0.1) is 0 Å². The first-order valence-electron chi connectivity index (χ1n) is 10.5. The molecular weight excluding hydrogens is 517 g/mol. The Kier molecular flexibility index (Phi) is 13.0. The highest BCUT2D eigenvalue weighted by molar-refractivity contribution is 8.76. The van der Waals surface area contributed by atoms with Gasteiger partial charge in [0.05, 0.1) is 32.0 Å². The van der Waals surface area contributed by atoms with Crippen LogP contribution in [-0.4, -0.2) is 48.9 Å². The van der Waals surface area contributed by atoms with E-state index in [0.29, 0.717) is 35.0 Å². The number of thiocarbonyl (C=S) groups is 1. The fourth-order valence-corrected chi connectivity index (χ4v) is 5.55.